The normalized spacial score (nSPS) is 17.9. The Balaban J connectivity index is 1.62. The van der Waals surface area contributed by atoms with Gasteiger partial charge in [0.05, 0.1) is 0 Å². The quantitative estimate of drug-likeness (QED) is 0.669. The Bertz CT molecular complexity index is 989. The molecule has 0 radical (unpaired) electrons. The van der Waals surface area contributed by atoms with Gasteiger partial charge in [0, 0.05) is 36.8 Å². The van der Waals surface area contributed by atoms with Crippen molar-refractivity contribution in [1.29, 1.82) is 0 Å². The van der Waals surface area contributed by atoms with Crippen LogP contribution < -0.4 is 10.5 Å². The van der Waals surface area contributed by atoms with E-state index in [0.717, 1.165) is 55.4 Å². The van der Waals surface area contributed by atoms with Crippen molar-refractivity contribution in [3.8, 4) is 0 Å². The van der Waals surface area contributed by atoms with E-state index in [1.54, 1.807) is 6.07 Å². The second kappa shape index (κ2) is 7.38. The summed E-state index contributed by atoms with van der Waals surface area (Å²) in [5.41, 5.74) is 0.748. The van der Waals surface area contributed by atoms with Crippen molar-refractivity contribution in [3.63, 3.8) is 0 Å². The van der Waals surface area contributed by atoms with Crippen molar-refractivity contribution in [2.75, 3.05) is 18.0 Å². The molecule has 1 unspecified atom stereocenters. The van der Waals surface area contributed by atoms with Crippen LogP contribution in [0.5, 0.6) is 0 Å². The summed E-state index contributed by atoms with van der Waals surface area (Å²) < 4.78 is 3.58. The summed E-state index contributed by atoms with van der Waals surface area (Å²) >= 11 is 1.49. The van der Waals surface area contributed by atoms with Crippen LogP contribution in [0.4, 0.5) is 5.13 Å². The Morgan fingerprint density at radius 3 is 3.00 bits per heavy atom. The van der Waals surface area contributed by atoms with E-state index in [1.807, 2.05) is 6.33 Å². The van der Waals surface area contributed by atoms with Crippen LogP contribution in [0.3, 0.4) is 0 Å². The first-order valence-corrected chi connectivity index (χ1v) is 10.4. The maximum absolute atomic E-state index is 12.4. The monoisotopic (exact) mass is 387 g/mol. The number of anilines is 1. The largest absolute Gasteiger partial charge is 0.346 e. The van der Waals surface area contributed by atoms with E-state index in [2.05, 4.69) is 50.5 Å². The number of rotatable bonds is 5. The number of piperidine rings is 1. The average molecular weight is 388 g/mol. The minimum atomic E-state index is -0.0981. The summed E-state index contributed by atoms with van der Waals surface area (Å²) in [5.74, 6) is 1.35. The van der Waals surface area contributed by atoms with Gasteiger partial charge in [0.15, 0.2) is 0 Å². The fourth-order valence-electron chi connectivity index (χ4n) is 3.66. The molecule has 4 rings (SSSR count). The highest BCUT2D eigenvalue weighted by molar-refractivity contribution is 7.20. The molecule has 0 N–H and O–H groups in total. The summed E-state index contributed by atoms with van der Waals surface area (Å²) in [4.78, 5) is 19.9. The first-order valence-electron chi connectivity index (χ1n) is 9.61. The lowest BCUT2D eigenvalue weighted by atomic mass is 9.97. The van der Waals surface area contributed by atoms with E-state index in [0.29, 0.717) is 16.9 Å². The smallest absolute Gasteiger partial charge is 0.275 e. The van der Waals surface area contributed by atoms with Crippen LogP contribution in [-0.4, -0.2) is 42.5 Å². The van der Waals surface area contributed by atoms with Gasteiger partial charge in [-0.2, -0.15) is 4.52 Å². The summed E-state index contributed by atoms with van der Waals surface area (Å²) in [6.45, 7) is 8.15. The Labute approximate surface area is 161 Å². The molecule has 0 bridgehead atoms. The molecule has 3 aromatic heterocycles. The number of hydrogen-bond acceptors (Lipinski definition) is 7. The zero-order valence-corrected chi connectivity index (χ0v) is 16.8. The summed E-state index contributed by atoms with van der Waals surface area (Å²) in [7, 11) is 0. The van der Waals surface area contributed by atoms with Gasteiger partial charge in [0.1, 0.15) is 12.2 Å². The van der Waals surface area contributed by atoms with Gasteiger partial charge in [0.2, 0.25) is 10.1 Å². The minimum absolute atomic E-state index is 0.0981. The van der Waals surface area contributed by atoms with Crippen LogP contribution >= 0.6 is 11.3 Å². The van der Waals surface area contributed by atoms with Crippen LogP contribution in [-0.2, 0) is 6.42 Å². The highest BCUT2D eigenvalue weighted by Crippen LogP contribution is 2.31. The zero-order valence-electron chi connectivity index (χ0n) is 16.0. The van der Waals surface area contributed by atoms with E-state index in [9.17, 15) is 4.79 Å². The molecule has 4 heterocycles. The highest BCUT2D eigenvalue weighted by atomic mass is 32.1. The number of fused-ring (bicyclic) bond motifs is 1. The van der Waals surface area contributed by atoms with E-state index >= 15 is 0 Å². The second-order valence-electron chi connectivity index (χ2n) is 7.39. The molecule has 1 fully saturated rings. The number of aromatic nitrogens is 6. The molecule has 0 aromatic carbocycles. The molecule has 27 heavy (non-hydrogen) atoms. The molecule has 0 saturated carbocycles. The van der Waals surface area contributed by atoms with Gasteiger partial charge in [-0.15, -0.1) is 15.3 Å². The van der Waals surface area contributed by atoms with E-state index in [-0.39, 0.29) is 5.56 Å². The molecule has 3 aromatic rings. The molecule has 0 spiro atoms. The van der Waals surface area contributed by atoms with Crippen LogP contribution in [0.1, 0.15) is 63.5 Å². The first-order chi connectivity index (χ1) is 13.1. The van der Waals surface area contributed by atoms with Crippen molar-refractivity contribution in [2.24, 2.45) is 0 Å². The topological polar surface area (TPSA) is 81.2 Å². The molecular formula is C18H25N7OS. The summed E-state index contributed by atoms with van der Waals surface area (Å²) in [6, 6.07) is 1.94. The van der Waals surface area contributed by atoms with E-state index < -0.39 is 0 Å². The van der Waals surface area contributed by atoms with Crippen LogP contribution in [0.15, 0.2) is 17.2 Å². The SMILES string of the molecule is CCCc1cc(=O)n2nc(N3CCCC(c4nncn4C(C)C)C3)sc2n1. The van der Waals surface area contributed by atoms with Gasteiger partial charge >= 0.3 is 0 Å². The molecule has 1 saturated heterocycles. The molecule has 1 aliphatic rings. The van der Waals surface area contributed by atoms with Gasteiger partial charge in [0.25, 0.3) is 5.56 Å². The highest BCUT2D eigenvalue weighted by Gasteiger charge is 2.28. The second-order valence-corrected chi connectivity index (χ2v) is 8.32. The molecule has 9 heteroatoms. The molecule has 144 valence electrons. The Hall–Kier alpha value is -2.29. The molecule has 8 nitrogen and oxygen atoms in total. The lowest BCUT2D eigenvalue weighted by Crippen LogP contribution is -2.35. The summed E-state index contributed by atoms with van der Waals surface area (Å²) in [6.07, 6.45) is 5.75. The van der Waals surface area contributed by atoms with Gasteiger partial charge in [-0.3, -0.25) is 4.79 Å². The first kappa shape index (κ1) is 18.1. The fraction of sp³-hybridized carbons (Fsp3) is 0.611. The lowest BCUT2D eigenvalue weighted by molar-refractivity contribution is 0.454. The zero-order chi connectivity index (χ0) is 19.0. The number of hydrogen-bond donors (Lipinski definition) is 0. The minimum Gasteiger partial charge on any atom is -0.346 e. The van der Waals surface area contributed by atoms with Gasteiger partial charge in [-0.05, 0) is 33.1 Å². The number of nitrogens with zero attached hydrogens (tertiary/aromatic N) is 7. The van der Waals surface area contributed by atoms with Crippen molar-refractivity contribution < 1.29 is 0 Å². The van der Waals surface area contributed by atoms with Crippen molar-refractivity contribution in [2.45, 2.75) is 58.4 Å². The third-order valence-electron chi connectivity index (χ3n) is 5.01. The van der Waals surface area contributed by atoms with Crippen LogP contribution in [0, 0.1) is 0 Å². The van der Waals surface area contributed by atoms with E-state index in [4.69, 9.17) is 0 Å². The van der Waals surface area contributed by atoms with Crippen molar-refractivity contribution >= 4 is 21.4 Å². The van der Waals surface area contributed by atoms with Crippen LogP contribution in [0.25, 0.3) is 4.96 Å². The van der Waals surface area contributed by atoms with Crippen molar-refractivity contribution in [3.05, 3.63) is 34.3 Å². The molecule has 1 aliphatic heterocycles. The Morgan fingerprint density at radius 2 is 2.22 bits per heavy atom. The number of aryl methyl sites for hydroxylation is 1. The lowest BCUT2D eigenvalue weighted by Gasteiger charge is -2.32. The molecule has 0 aliphatic carbocycles. The van der Waals surface area contributed by atoms with Crippen molar-refractivity contribution in [1.82, 2.24) is 29.4 Å². The van der Waals surface area contributed by atoms with Crippen LogP contribution in [0.2, 0.25) is 0 Å². The fourth-order valence-corrected chi connectivity index (χ4v) is 4.62. The average Bonchev–Trinajstić information content (AvgIpc) is 3.29. The standard InChI is InChI=1S/C18H25N7OS/c1-4-6-14-9-15(26)25-17(20-14)27-18(22-25)23-8-5-7-13(10-23)16-21-19-11-24(16)12(2)3/h9,11-13H,4-8,10H2,1-3H3. The summed E-state index contributed by atoms with van der Waals surface area (Å²) in [5, 5.41) is 13.9. The van der Waals surface area contributed by atoms with E-state index in [1.165, 1.54) is 15.9 Å². The Kier molecular flexibility index (Phi) is 4.94. The van der Waals surface area contributed by atoms with Gasteiger partial charge < -0.3 is 9.47 Å². The van der Waals surface area contributed by atoms with Gasteiger partial charge in [-0.1, -0.05) is 24.7 Å². The molecule has 1 atom stereocenters. The third-order valence-corrected chi connectivity index (χ3v) is 5.98. The predicted molar refractivity (Wildman–Crippen MR) is 106 cm³/mol. The maximum atomic E-state index is 12.4. The maximum Gasteiger partial charge on any atom is 0.275 e. The Morgan fingerprint density at radius 1 is 1.37 bits per heavy atom. The van der Waals surface area contributed by atoms with Gasteiger partial charge in [-0.25, -0.2) is 4.98 Å². The molecular weight excluding hydrogens is 362 g/mol. The predicted octanol–water partition coefficient (Wildman–Crippen LogP) is 2.66. The molecule has 0 amide bonds. The third kappa shape index (κ3) is 3.47.